The summed E-state index contributed by atoms with van der Waals surface area (Å²) in [5.41, 5.74) is 0.0394. The van der Waals surface area contributed by atoms with E-state index >= 15 is 0 Å². The smallest absolute Gasteiger partial charge is 0.329 e. The Morgan fingerprint density at radius 3 is 2.30 bits per heavy atom. The van der Waals surface area contributed by atoms with Crippen LogP contribution in [0, 0.1) is 11.7 Å². The Morgan fingerprint density at radius 1 is 1.00 bits per heavy atom. The number of Topliss-reactive ketones (excluding diaryl/α,β-unsaturated/α-hetero) is 1. The number of rotatable bonds is 9. The molecule has 0 fully saturated rings. The van der Waals surface area contributed by atoms with Crippen molar-refractivity contribution < 1.29 is 33.0 Å². The number of methoxy groups -OCH3 is 2. The molecule has 1 amide bonds. The highest BCUT2D eigenvalue weighted by Crippen LogP contribution is 2.25. The zero-order valence-corrected chi connectivity index (χ0v) is 17.2. The molecule has 8 heteroatoms. The van der Waals surface area contributed by atoms with Crippen molar-refractivity contribution in [3.63, 3.8) is 0 Å². The van der Waals surface area contributed by atoms with Crippen molar-refractivity contribution in [1.82, 2.24) is 5.32 Å². The van der Waals surface area contributed by atoms with E-state index in [4.69, 9.17) is 14.2 Å². The molecular weight excluding hydrogens is 393 g/mol. The van der Waals surface area contributed by atoms with E-state index in [9.17, 15) is 18.8 Å². The van der Waals surface area contributed by atoms with Gasteiger partial charge in [0.2, 0.25) is 5.78 Å². The van der Waals surface area contributed by atoms with Crippen molar-refractivity contribution >= 4 is 17.7 Å². The van der Waals surface area contributed by atoms with Crippen molar-refractivity contribution in [1.29, 1.82) is 0 Å². The maximum Gasteiger partial charge on any atom is 0.329 e. The molecule has 160 valence electrons. The second kappa shape index (κ2) is 10.4. The summed E-state index contributed by atoms with van der Waals surface area (Å²) in [4.78, 5) is 37.3. The Kier molecular flexibility index (Phi) is 7.91. The summed E-state index contributed by atoms with van der Waals surface area (Å²) in [6.07, 6.45) is 0. The van der Waals surface area contributed by atoms with Gasteiger partial charge in [-0.2, -0.15) is 0 Å². The number of amides is 1. The molecule has 30 heavy (non-hydrogen) atoms. The van der Waals surface area contributed by atoms with Crippen molar-refractivity contribution in [2.75, 3.05) is 20.8 Å². The average Bonchev–Trinajstić information content (AvgIpc) is 2.74. The molecule has 0 aliphatic heterocycles. The molecule has 2 aromatic rings. The Labute approximate surface area is 174 Å². The van der Waals surface area contributed by atoms with Crippen LogP contribution >= 0.6 is 0 Å². The number of hydrogen-bond acceptors (Lipinski definition) is 6. The van der Waals surface area contributed by atoms with Gasteiger partial charge < -0.3 is 19.5 Å². The Bertz CT molecular complexity index is 928. The summed E-state index contributed by atoms with van der Waals surface area (Å²) < 4.78 is 29.2. The molecule has 0 saturated heterocycles. The first-order valence-electron chi connectivity index (χ1n) is 9.25. The number of esters is 1. The monoisotopic (exact) mass is 417 g/mol. The van der Waals surface area contributed by atoms with Gasteiger partial charge in [0.05, 0.1) is 25.3 Å². The molecule has 0 radical (unpaired) electrons. The van der Waals surface area contributed by atoms with Crippen LogP contribution in [0.25, 0.3) is 0 Å². The van der Waals surface area contributed by atoms with E-state index in [0.717, 1.165) is 6.07 Å². The number of carbonyl (C=O) groups excluding carboxylic acids is 3. The maximum atomic E-state index is 13.8. The number of ketones is 1. The van der Waals surface area contributed by atoms with Gasteiger partial charge in [-0.05, 0) is 30.2 Å². The topological polar surface area (TPSA) is 90.9 Å². The van der Waals surface area contributed by atoms with Crippen LogP contribution in [0.4, 0.5) is 4.39 Å². The summed E-state index contributed by atoms with van der Waals surface area (Å²) in [5, 5.41) is 2.47. The third-order valence-electron chi connectivity index (χ3n) is 4.38. The molecule has 2 aromatic carbocycles. The van der Waals surface area contributed by atoms with Crippen LogP contribution in [-0.2, 0) is 9.53 Å². The maximum absolute atomic E-state index is 13.8. The minimum absolute atomic E-state index is 0.185. The van der Waals surface area contributed by atoms with Crippen molar-refractivity contribution in [3.05, 3.63) is 59.4 Å². The third kappa shape index (κ3) is 5.56. The largest absolute Gasteiger partial charge is 0.497 e. The number of hydrogen-bond donors (Lipinski definition) is 1. The van der Waals surface area contributed by atoms with Gasteiger partial charge in [0.1, 0.15) is 23.4 Å². The minimum Gasteiger partial charge on any atom is -0.497 e. The van der Waals surface area contributed by atoms with Gasteiger partial charge in [0, 0.05) is 6.07 Å². The van der Waals surface area contributed by atoms with Crippen molar-refractivity contribution in [2.24, 2.45) is 5.92 Å². The summed E-state index contributed by atoms with van der Waals surface area (Å²) in [6, 6.07) is 9.02. The molecule has 1 atom stereocenters. The number of ether oxygens (including phenoxy) is 3. The highest BCUT2D eigenvalue weighted by atomic mass is 19.1. The van der Waals surface area contributed by atoms with E-state index in [-0.39, 0.29) is 22.8 Å². The first-order valence-corrected chi connectivity index (χ1v) is 9.25. The summed E-state index contributed by atoms with van der Waals surface area (Å²) >= 11 is 0. The number of benzene rings is 2. The van der Waals surface area contributed by atoms with Gasteiger partial charge in [-0.3, -0.25) is 9.59 Å². The van der Waals surface area contributed by atoms with Gasteiger partial charge in [-0.1, -0.05) is 26.0 Å². The van der Waals surface area contributed by atoms with E-state index < -0.39 is 36.1 Å². The first-order chi connectivity index (χ1) is 14.3. The molecular formula is C22H24FNO6. The molecule has 0 spiro atoms. The first kappa shape index (κ1) is 22.9. The summed E-state index contributed by atoms with van der Waals surface area (Å²) in [5.74, 6) is -2.28. The lowest BCUT2D eigenvalue weighted by molar-refractivity contribution is -0.145. The number of nitrogens with one attached hydrogen (secondary N) is 1. The summed E-state index contributed by atoms with van der Waals surface area (Å²) in [7, 11) is 2.89. The van der Waals surface area contributed by atoms with Crippen LogP contribution in [-0.4, -0.2) is 44.5 Å². The Hall–Kier alpha value is -3.42. The quantitative estimate of drug-likeness (QED) is 0.498. The van der Waals surface area contributed by atoms with E-state index in [0.29, 0.717) is 5.75 Å². The van der Waals surface area contributed by atoms with E-state index in [2.05, 4.69) is 5.32 Å². The average molecular weight is 417 g/mol. The van der Waals surface area contributed by atoms with Gasteiger partial charge >= 0.3 is 5.97 Å². The van der Waals surface area contributed by atoms with Crippen LogP contribution in [0.3, 0.4) is 0 Å². The molecule has 2 rings (SSSR count). The van der Waals surface area contributed by atoms with Crippen molar-refractivity contribution in [2.45, 2.75) is 19.9 Å². The predicted octanol–water partition coefficient (Wildman–Crippen LogP) is 3.02. The molecule has 0 saturated carbocycles. The van der Waals surface area contributed by atoms with Crippen LogP contribution in [0.1, 0.15) is 34.6 Å². The fourth-order valence-electron chi connectivity index (χ4n) is 2.70. The molecule has 1 N–H and O–H groups in total. The lowest BCUT2D eigenvalue weighted by atomic mass is 10.0. The van der Waals surface area contributed by atoms with Gasteiger partial charge in [0.15, 0.2) is 6.61 Å². The van der Waals surface area contributed by atoms with Crippen LogP contribution in [0.15, 0.2) is 42.5 Å². The lowest BCUT2D eigenvalue weighted by Crippen LogP contribution is -2.46. The lowest BCUT2D eigenvalue weighted by Gasteiger charge is -2.21. The highest BCUT2D eigenvalue weighted by molar-refractivity contribution is 6.01. The Balaban J connectivity index is 2.06. The summed E-state index contributed by atoms with van der Waals surface area (Å²) in [6.45, 7) is 2.85. The zero-order chi connectivity index (χ0) is 22.3. The van der Waals surface area contributed by atoms with Crippen molar-refractivity contribution in [3.8, 4) is 11.5 Å². The molecule has 0 bridgehead atoms. The second-order valence-corrected chi connectivity index (χ2v) is 6.77. The molecule has 0 aromatic heterocycles. The van der Waals surface area contributed by atoms with Gasteiger partial charge in [-0.15, -0.1) is 0 Å². The number of carbonyl (C=O) groups is 3. The third-order valence-corrected chi connectivity index (χ3v) is 4.38. The highest BCUT2D eigenvalue weighted by Gasteiger charge is 2.28. The normalized spacial score (nSPS) is 11.5. The minimum atomic E-state index is -1.05. The molecule has 7 nitrogen and oxygen atoms in total. The zero-order valence-electron chi connectivity index (χ0n) is 17.2. The SMILES string of the molecule is COc1ccc(C(=O)COC(=O)C(NC(=O)c2ccccc2F)C(C)C)c(OC)c1. The fraction of sp³-hybridized carbons (Fsp3) is 0.318. The van der Waals surface area contributed by atoms with E-state index in [1.54, 1.807) is 26.0 Å². The second-order valence-electron chi connectivity index (χ2n) is 6.77. The van der Waals surface area contributed by atoms with Gasteiger partial charge in [-0.25, -0.2) is 9.18 Å². The van der Waals surface area contributed by atoms with Gasteiger partial charge in [0.25, 0.3) is 5.91 Å². The van der Waals surface area contributed by atoms with Crippen LogP contribution < -0.4 is 14.8 Å². The molecule has 0 aliphatic rings. The van der Waals surface area contributed by atoms with Crippen LogP contribution in [0.5, 0.6) is 11.5 Å². The predicted molar refractivity (Wildman–Crippen MR) is 107 cm³/mol. The standard InChI is InChI=1S/C22H24FNO6/c1-13(2)20(24-21(26)15-7-5-6-8-17(15)23)22(27)30-12-18(25)16-10-9-14(28-3)11-19(16)29-4/h5-11,13,20H,12H2,1-4H3,(H,24,26). The number of halogens is 1. The molecule has 1 unspecified atom stereocenters. The van der Waals surface area contributed by atoms with E-state index in [1.165, 1.54) is 38.5 Å². The Morgan fingerprint density at radius 2 is 1.70 bits per heavy atom. The van der Waals surface area contributed by atoms with E-state index in [1.807, 2.05) is 0 Å². The molecule has 0 aliphatic carbocycles. The fourth-order valence-corrected chi connectivity index (χ4v) is 2.70. The molecule has 0 heterocycles. The van der Waals surface area contributed by atoms with Crippen LogP contribution in [0.2, 0.25) is 0 Å².